The third-order valence-corrected chi connectivity index (χ3v) is 5.08. The minimum Gasteiger partial charge on any atom is -0.497 e. The maximum Gasteiger partial charge on any atom is 0.289 e. The molecule has 0 saturated carbocycles. The normalized spacial score (nSPS) is 14.5. The fraction of sp³-hybridized carbons (Fsp3) is 0.455. The maximum atomic E-state index is 12.8. The highest BCUT2D eigenvalue weighted by Gasteiger charge is 2.29. The minimum atomic E-state index is -0.162. The van der Waals surface area contributed by atoms with Crippen LogP contribution >= 0.6 is 0 Å². The highest BCUT2D eigenvalue weighted by atomic mass is 16.5. The monoisotopic (exact) mass is 400 g/mol. The molecule has 156 valence electrons. The number of likely N-dealkylation sites (tertiary alicyclic amines) is 1. The van der Waals surface area contributed by atoms with Gasteiger partial charge in [-0.2, -0.15) is 0 Å². The zero-order valence-corrected chi connectivity index (χ0v) is 17.0. The predicted octanol–water partition coefficient (Wildman–Crippen LogP) is 3.96. The molecule has 29 heavy (non-hydrogen) atoms. The second-order valence-corrected chi connectivity index (χ2v) is 7.10. The average molecular weight is 400 g/mol. The number of hydrogen-bond acceptors (Lipinski definition) is 5. The Morgan fingerprint density at radius 1 is 1.24 bits per heavy atom. The summed E-state index contributed by atoms with van der Waals surface area (Å²) in [5.74, 6) is 1.26. The molecule has 1 N–H and O–H groups in total. The third-order valence-electron chi connectivity index (χ3n) is 5.08. The molecule has 3 rings (SSSR count). The predicted molar refractivity (Wildman–Crippen MR) is 109 cm³/mol. The Balaban J connectivity index is 1.59. The molecule has 2 heterocycles. The van der Waals surface area contributed by atoms with Crippen molar-refractivity contribution in [1.29, 1.82) is 0 Å². The minimum absolute atomic E-state index is 0.0660. The van der Waals surface area contributed by atoms with Gasteiger partial charge in [-0.3, -0.25) is 9.59 Å². The van der Waals surface area contributed by atoms with Crippen LogP contribution in [0.1, 0.15) is 43.2 Å². The van der Waals surface area contributed by atoms with Crippen molar-refractivity contribution in [3.05, 3.63) is 42.4 Å². The first-order valence-corrected chi connectivity index (χ1v) is 10.1. The number of ether oxygens (including phenoxy) is 2. The van der Waals surface area contributed by atoms with Crippen LogP contribution in [0.2, 0.25) is 0 Å². The second-order valence-electron chi connectivity index (χ2n) is 7.10. The van der Waals surface area contributed by atoms with E-state index in [9.17, 15) is 9.59 Å². The molecule has 2 amide bonds. The van der Waals surface area contributed by atoms with E-state index < -0.39 is 0 Å². The smallest absolute Gasteiger partial charge is 0.289 e. The van der Waals surface area contributed by atoms with Crippen LogP contribution in [0, 0.1) is 5.92 Å². The second kappa shape index (κ2) is 10.0. The van der Waals surface area contributed by atoms with E-state index in [2.05, 4.69) is 12.2 Å². The molecule has 0 spiro atoms. The Bertz CT molecular complexity index is 811. The molecule has 7 heteroatoms. The summed E-state index contributed by atoms with van der Waals surface area (Å²) < 4.78 is 16.3. The van der Waals surface area contributed by atoms with E-state index in [1.165, 1.54) is 6.26 Å². The first-order valence-electron chi connectivity index (χ1n) is 10.1. The number of nitrogens with one attached hydrogen (secondary N) is 1. The first kappa shape index (κ1) is 20.8. The summed E-state index contributed by atoms with van der Waals surface area (Å²) in [5.41, 5.74) is 0.611. The molecule has 1 saturated heterocycles. The van der Waals surface area contributed by atoms with Crippen LogP contribution < -0.4 is 14.8 Å². The molecule has 0 unspecified atom stereocenters. The summed E-state index contributed by atoms with van der Waals surface area (Å²) in [7, 11) is 1.59. The number of carbonyl (C=O) groups excluding carboxylic acids is 2. The van der Waals surface area contributed by atoms with Crippen LogP contribution in [0.3, 0.4) is 0 Å². The lowest BCUT2D eigenvalue weighted by atomic mass is 9.95. The molecule has 0 radical (unpaired) electrons. The largest absolute Gasteiger partial charge is 0.497 e. The van der Waals surface area contributed by atoms with Crippen LogP contribution in [0.4, 0.5) is 5.69 Å². The number of furan rings is 1. The van der Waals surface area contributed by atoms with Crippen LogP contribution in [0.5, 0.6) is 11.5 Å². The molecule has 1 aliphatic heterocycles. The van der Waals surface area contributed by atoms with Crippen LogP contribution in [0.15, 0.2) is 41.0 Å². The number of benzene rings is 1. The lowest BCUT2D eigenvalue weighted by Gasteiger charge is -2.30. The molecular weight excluding hydrogens is 372 g/mol. The standard InChI is InChI=1S/C22H28N2O5/c1-3-4-13-28-19-8-7-17(27-2)15-18(19)23-21(25)16-9-11-24(12-10-16)22(26)20-6-5-14-29-20/h5-8,14-16H,3-4,9-13H2,1-2H3,(H,23,25). The van der Waals surface area contributed by atoms with Crippen LogP contribution in [0.25, 0.3) is 0 Å². The number of methoxy groups -OCH3 is 1. The number of unbranched alkanes of at least 4 members (excludes halogenated alkanes) is 1. The lowest BCUT2D eigenvalue weighted by Crippen LogP contribution is -2.41. The van der Waals surface area contributed by atoms with Gasteiger partial charge in [-0.25, -0.2) is 0 Å². The first-order chi connectivity index (χ1) is 14.1. The molecule has 1 aromatic carbocycles. The number of hydrogen-bond donors (Lipinski definition) is 1. The highest BCUT2D eigenvalue weighted by Crippen LogP contribution is 2.31. The van der Waals surface area contributed by atoms with Crippen molar-refractivity contribution >= 4 is 17.5 Å². The van der Waals surface area contributed by atoms with Crippen molar-refractivity contribution in [2.45, 2.75) is 32.6 Å². The van der Waals surface area contributed by atoms with Gasteiger partial charge in [-0.15, -0.1) is 0 Å². The van der Waals surface area contributed by atoms with Crippen LogP contribution in [-0.4, -0.2) is 43.5 Å². The third kappa shape index (κ3) is 5.31. The van der Waals surface area contributed by atoms with E-state index in [0.717, 1.165) is 12.8 Å². The van der Waals surface area contributed by atoms with Gasteiger partial charge in [0, 0.05) is 25.1 Å². The van der Waals surface area contributed by atoms with E-state index in [-0.39, 0.29) is 17.7 Å². The molecule has 1 aromatic heterocycles. The van der Waals surface area contributed by atoms with Crippen molar-refractivity contribution < 1.29 is 23.5 Å². The molecule has 0 bridgehead atoms. The zero-order valence-electron chi connectivity index (χ0n) is 17.0. The maximum absolute atomic E-state index is 12.8. The number of piperidine rings is 1. The molecule has 7 nitrogen and oxygen atoms in total. The fourth-order valence-corrected chi connectivity index (χ4v) is 3.32. The fourth-order valence-electron chi connectivity index (χ4n) is 3.32. The lowest BCUT2D eigenvalue weighted by molar-refractivity contribution is -0.121. The van der Waals surface area contributed by atoms with Crippen molar-refractivity contribution in [3.8, 4) is 11.5 Å². The number of amides is 2. The number of rotatable bonds is 8. The van der Waals surface area contributed by atoms with Crippen molar-refractivity contribution in [2.75, 3.05) is 32.1 Å². The molecule has 2 aromatic rings. The Morgan fingerprint density at radius 2 is 2.03 bits per heavy atom. The number of carbonyl (C=O) groups is 2. The van der Waals surface area contributed by atoms with Crippen molar-refractivity contribution in [2.24, 2.45) is 5.92 Å². The quantitative estimate of drug-likeness (QED) is 0.679. The summed E-state index contributed by atoms with van der Waals surface area (Å²) in [6.45, 7) is 3.74. The Kier molecular flexibility index (Phi) is 7.16. The molecular formula is C22H28N2O5. The summed E-state index contributed by atoms with van der Waals surface area (Å²) in [6.07, 6.45) is 4.68. The molecule has 0 atom stereocenters. The van der Waals surface area contributed by atoms with Crippen molar-refractivity contribution in [1.82, 2.24) is 4.90 Å². The van der Waals surface area contributed by atoms with Gasteiger partial charge in [0.05, 0.1) is 25.7 Å². The van der Waals surface area contributed by atoms with Crippen LogP contribution in [-0.2, 0) is 4.79 Å². The SMILES string of the molecule is CCCCOc1ccc(OC)cc1NC(=O)C1CCN(C(=O)c2ccco2)CC1. The Hall–Kier alpha value is -2.96. The van der Waals surface area contributed by atoms with Gasteiger partial charge in [-0.05, 0) is 43.5 Å². The van der Waals surface area contributed by atoms with Crippen molar-refractivity contribution in [3.63, 3.8) is 0 Å². The highest BCUT2D eigenvalue weighted by molar-refractivity contribution is 5.95. The van der Waals surface area contributed by atoms with Gasteiger partial charge in [0.2, 0.25) is 5.91 Å². The summed E-state index contributed by atoms with van der Waals surface area (Å²) in [5, 5.41) is 2.99. The topological polar surface area (TPSA) is 81.0 Å². The Morgan fingerprint density at radius 3 is 2.69 bits per heavy atom. The van der Waals surface area contributed by atoms with Gasteiger partial charge in [0.15, 0.2) is 5.76 Å². The number of anilines is 1. The molecule has 1 aliphatic rings. The van der Waals surface area contributed by atoms with E-state index >= 15 is 0 Å². The van der Waals surface area contributed by atoms with E-state index in [4.69, 9.17) is 13.9 Å². The summed E-state index contributed by atoms with van der Waals surface area (Å²) in [4.78, 5) is 26.9. The van der Waals surface area contributed by atoms with E-state index in [1.807, 2.05) is 12.1 Å². The summed E-state index contributed by atoms with van der Waals surface area (Å²) in [6, 6.07) is 8.75. The zero-order chi connectivity index (χ0) is 20.6. The van der Waals surface area contributed by atoms with E-state index in [0.29, 0.717) is 55.5 Å². The number of nitrogens with zero attached hydrogens (tertiary/aromatic N) is 1. The average Bonchev–Trinajstić information content (AvgIpc) is 3.29. The Labute approximate surface area is 171 Å². The molecule has 0 aliphatic carbocycles. The molecule has 1 fully saturated rings. The van der Waals surface area contributed by atoms with Gasteiger partial charge in [0.1, 0.15) is 11.5 Å². The summed E-state index contributed by atoms with van der Waals surface area (Å²) >= 11 is 0. The van der Waals surface area contributed by atoms with Gasteiger partial charge in [-0.1, -0.05) is 13.3 Å². The van der Waals surface area contributed by atoms with Gasteiger partial charge >= 0.3 is 0 Å². The van der Waals surface area contributed by atoms with Gasteiger partial charge in [0.25, 0.3) is 5.91 Å². The van der Waals surface area contributed by atoms with E-state index in [1.54, 1.807) is 30.2 Å². The van der Waals surface area contributed by atoms with Gasteiger partial charge < -0.3 is 24.1 Å².